The van der Waals surface area contributed by atoms with Gasteiger partial charge in [0.1, 0.15) is 0 Å². The Kier molecular flexibility index (Phi) is 7.65. The number of amides is 1. The van der Waals surface area contributed by atoms with Crippen molar-refractivity contribution in [3.63, 3.8) is 0 Å². The Morgan fingerprint density at radius 3 is 2.70 bits per heavy atom. The number of aromatic nitrogens is 1. The van der Waals surface area contributed by atoms with E-state index in [4.69, 9.17) is 0 Å². The Labute approximate surface area is 181 Å². The van der Waals surface area contributed by atoms with Gasteiger partial charge in [-0.05, 0) is 73.0 Å². The molecular weight excluding hydrogens is 372 g/mol. The average Bonchev–Trinajstić information content (AvgIpc) is 2.74. The van der Waals surface area contributed by atoms with E-state index >= 15 is 0 Å². The summed E-state index contributed by atoms with van der Waals surface area (Å²) in [6, 6.07) is 3.93. The number of carbonyl (C=O) groups is 1. The quantitative estimate of drug-likeness (QED) is 0.418. The number of aliphatic hydroxyl groups is 1. The smallest absolute Gasteiger partial charge is 0.246 e. The van der Waals surface area contributed by atoms with Crippen molar-refractivity contribution in [2.24, 2.45) is 35.5 Å². The molecule has 30 heavy (non-hydrogen) atoms. The van der Waals surface area contributed by atoms with E-state index in [0.29, 0.717) is 41.7 Å². The molecule has 2 aliphatic carbocycles. The minimum atomic E-state index is -0.232. The highest BCUT2D eigenvalue weighted by Crippen LogP contribution is 2.48. The standard InChI is InChI=1S/C26H36N2O2/c1-17-8-9-22-16-19(3)25(29)20(4)24(22)23(17)7-5-6-18(2)26(30)28-15-12-21-10-13-27-14-11-21/h5-11,13-14,17,19-20,22-25,29H,12,15-16H2,1-4H3,(H,28,30)/b7-5+,18-6+/t17-,19-,20+,22+,23+,24-,25+/m1/s1. The summed E-state index contributed by atoms with van der Waals surface area (Å²) in [6.07, 6.45) is 16.1. The highest BCUT2D eigenvalue weighted by Gasteiger charge is 2.44. The third-order valence-electron chi connectivity index (χ3n) is 7.07. The van der Waals surface area contributed by atoms with Crippen LogP contribution in [0.25, 0.3) is 0 Å². The molecule has 0 bridgehead atoms. The molecule has 2 N–H and O–H groups in total. The molecule has 0 radical (unpaired) electrons. The second-order valence-electron chi connectivity index (χ2n) is 9.22. The van der Waals surface area contributed by atoms with Crippen LogP contribution in [0, 0.1) is 35.5 Å². The first kappa shape index (κ1) is 22.5. The fourth-order valence-electron chi connectivity index (χ4n) is 5.22. The number of fused-ring (bicyclic) bond motifs is 1. The van der Waals surface area contributed by atoms with Gasteiger partial charge in [0.25, 0.3) is 0 Å². The molecular formula is C26H36N2O2. The summed E-state index contributed by atoms with van der Waals surface area (Å²) in [4.78, 5) is 16.4. The van der Waals surface area contributed by atoms with Crippen molar-refractivity contribution in [3.05, 3.63) is 66.0 Å². The SMILES string of the molecule is C/C(=C\C=C\[C@@H]1[C@@H]2[C@H](C)[C@@H](O)[C@H](C)C[C@@H]2C=C[C@H]1C)C(=O)NCCc1ccncc1. The fraction of sp³-hybridized carbons (Fsp3) is 0.538. The Hall–Kier alpha value is -2.20. The topological polar surface area (TPSA) is 62.2 Å². The maximum absolute atomic E-state index is 12.4. The van der Waals surface area contributed by atoms with E-state index in [2.05, 4.69) is 49.3 Å². The monoisotopic (exact) mass is 408 g/mol. The maximum Gasteiger partial charge on any atom is 0.246 e. The van der Waals surface area contributed by atoms with Gasteiger partial charge in [-0.15, -0.1) is 0 Å². The van der Waals surface area contributed by atoms with Gasteiger partial charge in [-0.25, -0.2) is 0 Å². The molecule has 7 atom stereocenters. The second-order valence-corrected chi connectivity index (χ2v) is 9.22. The molecule has 0 unspecified atom stereocenters. The van der Waals surface area contributed by atoms with Gasteiger partial charge in [0, 0.05) is 24.5 Å². The molecule has 1 saturated carbocycles. The molecule has 0 aliphatic heterocycles. The van der Waals surface area contributed by atoms with Crippen molar-refractivity contribution >= 4 is 5.91 Å². The Balaban J connectivity index is 1.58. The first-order chi connectivity index (χ1) is 14.4. The molecule has 1 aromatic heterocycles. The van der Waals surface area contributed by atoms with Crippen LogP contribution >= 0.6 is 0 Å². The van der Waals surface area contributed by atoms with Crippen LogP contribution in [-0.4, -0.2) is 28.6 Å². The zero-order chi connectivity index (χ0) is 21.7. The number of aliphatic hydroxyl groups excluding tert-OH is 1. The molecule has 0 saturated heterocycles. The number of nitrogens with one attached hydrogen (secondary N) is 1. The van der Waals surface area contributed by atoms with Crippen LogP contribution in [0.2, 0.25) is 0 Å². The summed E-state index contributed by atoms with van der Waals surface area (Å²) < 4.78 is 0. The van der Waals surface area contributed by atoms with Gasteiger partial charge in [-0.1, -0.05) is 51.2 Å². The minimum absolute atomic E-state index is 0.0292. The van der Waals surface area contributed by atoms with E-state index in [9.17, 15) is 9.90 Å². The molecule has 4 nitrogen and oxygen atoms in total. The normalized spacial score (nSPS) is 34.0. The summed E-state index contributed by atoms with van der Waals surface area (Å²) in [5, 5.41) is 13.6. The molecule has 0 aromatic carbocycles. The first-order valence-electron chi connectivity index (χ1n) is 11.3. The number of pyridine rings is 1. The molecule has 1 fully saturated rings. The van der Waals surface area contributed by atoms with Crippen LogP contribution in [0.15, 0.2) is 60.5 Å². The average molecular weight is 409 g/mol. The van der Waals surface area contributed by atoms with E-state index < -0.39 is 0 Å². The Bertz CT molecular complexity index is 799. The van der Waals surface area contributed by atoms with Crippen LogP contribution < -0.4 is 5.32 Å². The maximum atomic E-state index is 12.4. The summed E-state index contributed by atoms with van der Waals surface area (Å²) >= 11 is 0. The molecule has 2 aliphatic rings. The molecule has 0 spiro atoms. The predicted molar refractivity (Wildman–Crippen MR) is 122 cm³/mol. The lowest BCUT2D eigenvalue weighted by Crippen LogP contribution is -2.46. The number of allylic oxidation sites excluding steroid dienone is 5. The second kappa shape index (κ2) is 10.2. The zero-order valence-electron chi connectivity index (χ0n) is 18.7. The minimum Gasteiger partial charge on any atom is -0.393 e. The molecule has 1 amide bonds. The third kappa shape index (κ3) is 5.28. The van der Waals surface area contributed by atoms with E-state index in [1.165, 1.54) is 5.56 Å². The van der Waals surface area contributed by atoms with Gasteiger partial charge in [-0.3, -0.25) is 9.78 Å². The van der Waals surface area contributed by atoms with Gasteiger partial charge in [0.15, 0.2) is 0 Å². The van der Waals surface area contributed by atoms with E-state index in [1.807, 2.05) is 31.2 Å². The highest BCUT2D eigenvalue weighted by atomic mass is 16.3. The van der Waals surface area contributed by atoms with Crippen LogP contribution in [0.4, 0.5) is 0 Å². The number of carbonyl (C=O) groups excluding carboxylic acids is 1. The van der Waals surface area contributed by atoms with Gasteiger partial charge < -0.3 is 10.4 Å². The van der Waals surface area contributed by atoms with Crippen molar-refractivity contribution in [2.75, 3.05) is 6.54 Å². The first-order valence-corrected chi connectivity index (χ1v) is 11.3. The van der Waals surface area contributed by atoms with Gasteiger partial charge in [-0.2, -0.15) is 0 Å². The van der Waals surface area contributed by atoms with Crippen molar-refractivity contribution in [1.29, 1.82) is 0 Å². The van der Waals surface area contributed by atoms with E-state index in [-0.39, 0.29) is 17.9 Å². The van der Waals surface area contributed by atoms with Crippen molar-refractivity contribution in [3.8, 4) is 0 Å². The van der Waals surface area contributed by atoms with Gasteiger partial charge >= 0.3 is 0 Å². The van der Waals surface area contributed by atoms with Gasteiger partial charge in [0.05, 0.1) is 6.10 Å². The number of rotatable bonds is 6. The van der Waals surface area contributed by atoms with Crippen LogP contribution in [-0.2, 0) is 11.2 Å². The predicted octanol–water partition coefficient (Wildman–Crippen LogP) is 4.33. The molecule has 162 valence electrons. The third-order valence-corrected chi connectivity index (χ3v) is 7.07. The van der Waals surface area contributed by atoms with Crippen LogP contribution in [0.5, 0.6) is 0 Å². The highest BCUT2D eigenvalue weighted by molar-refractivity contribution is 5.93. The summed E-state index contributed by atoms with van der Waals surface area (Å²) in [5.74, 6) is 2.41. The van der Waals surface area contributed by atoms with E-state index in [1.54, 1.807) is 12.4 Å². The molecule has 4 heteroatoms. The summed E-state index contributed by atoms with van der Waals surface area (Å²) in [7, 11) is 0. The number of hydrogen-bond acceptors (Lipinski definition) is 3. The molecule has 1 heterocycles. The van der Waals surface area contributed by atoms with Crippen LogP contribution in [0.3, 0.4) is 0 Å². The number of nitrogens with zero attached hydrogens (tertiary/aromatic N) is 1. The lowest BCUT2D eigenvalue weighted by molar-refractivity contribution is -0.117. The van der Waals surface area contributed by atoms with Crippen LogP contribution in [0.1, 0.15) is 39.7 Å². The lowest BCUT2D eigenvalue weighted by atomic mass is 9.58. The van der Waals surface area contributed by atoms with Crippen molar-refractivity contribution in [2.45, 2.75) is 46.6 Å². The summed E-state index contributed by atoms with van der Waals surface area (Å²) in [5.41, 5.74) is 1.88. The summed E-state index contributed by atoms with van der Waals surface area (Å²) in [6.45, 7) is 9.07. The largest absolute Gasteiger partial charge is 0.393 e. The lowest BCUT2D eigenvalue weighted by Gasteiger charge is -2.48. The van der Waals surface area contributed by atoms with Crippen molar-refractivity contribution < 1.29 is 9.90 Å². The Morgan fingerprint density at radius 2 is 1.97 bits per heavy atom. The molecule has 1 aromatic rings. The number of hydrogen-bond donors (Lipinski definition) is 2. The zero-order valence-corrected chi connectivity index (χ0v) is 18.7. The van der Waals surface area contributed by atoms with Gasteiger partial charge in [0.2, 0.25) is 5.91 Å². The Morgan fingerprint density at radius 1 is 1.23 bits per heavy atom. The molecule has 3 rings (SSSR count). The van der Waals surface area contributed by atoms with E-state index in [0.717, 1.165) is 12.8 Å². The van der Waals surface area contributed by atoms with Crippen molar-refractivity contribution in [1.82, 2.24) is 10.3 Å². The fourth-order valence-corrected chi connectivity index (χ4v) is 5.22.